The summed E-state index contributed by atoms with van der Waals surface area (Å²) in [5.74, 6) is -0.557. The maximum absolute atomic E-state index is 12.4. The Labute approximate surface area is 152 Å². The molecule has 0 saturated carbocycles. The van der Waals surface area contributed by atoms with Crippen molar-refractivity contribution in [2.45, 2.75) is 26.3 Å². The predicted molar refractivity (Wildman–Crippen MR) is 103 cm³/mol. The SMILES string of the molecule is CC(C)(C)NC(=O)c1ccccc1NC(=O)C=Cc1cccc(Cl)c1. The first kappa shape index (κ1) is 18.7. The largest absolute Gasteiger partial charge is 0.347 e. The first-order valence-corrected chi connectivity index (χ1v) is 8.28. The van der Waals surface area contributed by atoms with E-state index in [1.54, 1.807) is 42.5 Å². The van der Waals surface area contributed by atoms with Crippen molar-refractivity contribution in [1.82, 2.24) is 5.32 Å². The van der Waals surface area contributed by atoms with E-state index in [-0.39, 0.29) is 17.4 Å². The number of halogens is 1. The van der Waals surface area contributed by atoms with Crippen molar-refractivity contribution in [3.63, 3.8) is 0 Å². The Morgan fingerprint density at radius 3 is 2.44 bits per heavy atom. The van der Waals surface area contributed by atoms with Crippen LogP contribution in [0.3, 0.4) is 0 Å². The summed E-state index contributed by atoms with van der Waals surface area (Å²) in [5.41, 5.74) is 1.34. The molecule has 0 heterocycles. The molecule has 0 aliphatic heterocycles. The maximum Gasteiger partial charge on any atom is 0.253 e. The van der Waals surface area contributed by atoms with Crippen molar-refractivity contribution in [2.75, 3.05) is 5.32 Å². The number of benzene rings is 2. The van der Waals surface area contributed by atoms with Crippen LogP contribution < -0.4 is 10.6 Å². The fourth-order valence-corrected chi connectivity index (χ4v) is 2.35. The minimum atomic E-state index is -0.360. The molecule has 0 atom stereocenters. The smallest absolute Gasteiger partial charge is 0.253 e. The highest BCUT2D eigenvalue weighted by atomic mass is 35.5. The molecule has 2 aromatic carbocycles. The summed E-state index contributed by atoms with van der Waals surface area (Å²) in [6, 6.07) is 14.1. The van der Waals surface area contributed by atoms with E-state index in [4.69, 9.17) is 11.6 Å². The van der Waals surface area contributed by atoms with Crippen molar-refractivity contribution in [1.29, 1.82) is 0 Å². The minimum Gasteiger partial charge on any atom is -0.347 e. The number of rotatable bonds is 4. The molecule has 5 heteroatoms. The molecule has 2 aromatic rings. The van der Waals surface area contributed by atoms with E-state index in [0.717, 1.165) is 5.56 Å². The number of carbonyl (C=O) groups excluding carboxylic acids is 2. The number of nitrogens with one attached hydrogen (secondary N) is 2. The van der Waals surface area contributed by atoms with E-state index in [1.807, 2.05) is 32.9 Å². The third kappa shape index (κ3) is 6.08. The molecule has 0 bridgehead atoms. The monoisotopic (exact) mass is 356 g/mol. The number of carbonyl (C=O) groups is 2. The molecule has 25 heavy (non-hydrogen) atoms. The van der Waals surface area contributed by atoms with E-state index < -0.39 is 0 Å². The summed E-state index contributed by atoms with van der Waals surface area (Å²) in [5, 5.41) is 6.24. The van der Waals surface area contributed by atoms with Gasteiger partial charge in [0, 0.05) is 16.6 Å². The zero-order chi connectivity index (χ0) is 18.4. The molecule has 0 spiro atoms. The van der Waals surface area contributed by atoms with E-state index >= 15 is 0 Å². The lowest BCUT2D eigenvalue weighted by atomic mass is 10.1. The highest BCUT2D eigenvalue weighted by molar-refractivity contribution is 6.30. The van der Waals surface area contributed by atoms with Gasteiger partial charge in [-0.15, -0.1) is 0 Å². The van der Waals surface area contributed by atoms with E-state index in [2.05, 4.69) is 10.6 Å². The van der Waals surface area contributed by atoms with Gasteiger partial charge in [-0.2, -0.15) is 0 Å². The second-order valence-corrected chi connectivity index (χ2v) is 7.06. The third-order valence-corrected chi connectivity index (χ3v) is 3.43. The molecule has 0 aliphatic carbocycles. The second kappa shape index (κ2) is 7.99. The Morgan fingerprint density at radius 1 is 1.04 bits per heavy atom. The molecule has 0 unspecified atom stereocenters. The minimum absolute atomic E-state index is 0.234. The summed E-state index contributed by atoms with van der Waals surface area (Å²) < 4.78 is 0. The standard InChI is InChI=1S/C20H21ClN2O2/c1-20(2,3)23-19(25)16-9-4-5-10-17(16)22-18(24)12-11-14-7-6-8-15(21)13-14/h4-13H,1-3H3,(H,22,24)(H,23,25). The molecule has 0 aromatic heterocycles. The van der Waals surface area contributed by atoms with E-state index in [0.29, 0.717) is 16.3 Å². The first-order chi connectivity index (χ1) is 11.7. The molecule has 2 N–H and O–H groups in total. The van der Waals surface area contributed by atoms with Gasteiger partial charge >= 0.3 is 0 Å². The van der Waals surface area contributed by atoms with Gasteiger partial charge in [-0.25, -0.2) is 0 Å². The first-order valence-electron chi connectivity index (χ1n) is 7.91. The lowest BCUT2D eigenvalue weighted by Crippen LogP contribution is -2.40. The van der Waals surface area contributed by atoms with E-state index in [9.17, 15) is 9.59 Å². The van der Waals surface area contributed by atoms with Crippen LogP contribution in [0.5, 0.6) is 0 Å². The van der Waals surface area contributed by atoms with Gasteiger partial charge in [-0.3, -0.25) is 9.59 Å². The average Bonchev–Trinajstić information content (AvgIpc) is 2.52. The molecule has 2 amide bonds. The van der Waals surface area contributed by atoms with Crippen LogP contribution in [0.1, 0.15) is 36.7 Å². The van der Waals surface area contributed by atoms with Gasteiger partial charge in [-0.1, -0.05) is 35.9 Å². The lowest BCUT2D eigenvalue weighted by Gasteiger charge is -2.21. The summed E-state index contributed by atoms with van der Waals surface area (Å²) in [6.07, 6.45) is 3.07. The summed E-state index contributed by atoms with van der Waals surface area (Å²) in [6.45, 7) is 5.71. The van der Waals surface area contributed by atoms with Crippen LogP contribution in [0.4, 0.5) is 5.69 Å². The molecule has 0 radical (unpaired) electrons. The van der Waals surface area contributed by atoms with Gasteiger partial charge in [0.1, 0.15) is 0 Å². The topological polar surface area (TPSA) is 58.2 Å². The van der Waals surface area contributed by atoms with Crippen LogP contribution in [-0.4, -0.2) is 17.4 Å². The van der Waals surface area contributed by atoms with Gasteiger partial charge < -0.3 is 10.6 Å². The van der Waals surface area contributed by atoms with Gasteiger partial charge in [0.15, 0.2) is 0 Å². The molecule has 0 saturated heterocycles. The Kier molecular flexibility index (Phi) is 5.99. The fourth-order valence-electron chi connectivity index (χ4n) is 2.15. The number of hydrogen-bond donors (Lipinski definition) is 2. The number of amides is 2. The predicted octanol–water partition coefficient (Wildman–Crippen LogP) is 4.52. The molecule has 130 valence electrons. The zero-order valence-electron chi connectivity index (χ0n) is 14.5. The molecule has 2 rings (SSSR count). The van der Waals surface area contributed by atoms with Crippen LogP contribution in [0, 0.1) is 0 Å². The van der Waals surface area contributed by atoms with Crippen molar-refractivity contribution in [3.8, 4) is 0 Å². The highest BCUT2D eigenvalue weighted by Gasteiger charge is 2.18. The van der Waals surface area contributed by atoms with Crippen LogP contribution >= 0.6 is 11.6 Å². The quantitative estimate of drug-likeness (QED) is 0.791. The van der Waals surface area contributed by atoms with E-state index in [1.165, 1.54) is 6.08 Å². The Morgan fingerprint density at radius 2 is 1.76 bits per heavy atom. The number of anilines is 1. The van der Waals surface area contributed by atoms with Gasteiger partial charge in [-0.05, 0) is 56.7 Å². The van der Waals surface area contributed by atoms with Crippen LogP contribution in [0.25, 0.3) is 6.08 Å². The maximum atomic E-state index is 12.4. The molecule has 0 aliphatic rings. The van der Waals surface area contributed by atoms with Gasteiger partial charge in [0.25, 0.3) is 5.91 Å². The van der Waals surface area contributed by atoms with Crippen molar-refractivity contribution in [2.24, 2.45) is 0 Å². The summed E-state index contributed by atoms with van der Waals surface area (Å²) >= 11 is 5.92. The Bertz CT molecular complexity index is 807. The van der Waals surface area contributed by atoms with Crippen LogP contribution in [0.15, 0.2) is 54.6 Å². The van der Waals surface area contributed by atoms with Gasteiger partial charge in [0.05, 0.1) is 11.3 Å². The molecule has 4 nitrogen and oxygen atoms in total. The van der Waals surface area contributed by atoms with Crippen molar-refractivity contribution >= 4 is 35.2 Å². The second-order valence-electron chi connectivity index (χ2n) is 6.63. The Balaban J connectivity index is 2.12. The van der Waals surface area contributed by atoms with Crippen LogP contribution in [-0.2, 0) is 4.79 Å². The summed E-state index contributed by atoms with van der Waals surface area (Å²) in [7, 11) is 0. The Hall–Kier alpha value is -2.59. The number of hydrogen-bond acceptors (Lipinski definition) is 2. The zero-order valence-corrected chi connectivity index (χ0v) is 15.2. The molecular formula is C20H21ClN2O2. The molecule has 0 fully saturated rings. The van der Waals surface area contributed by atoms with Crippen molar-refractivity contribution < 1.29 is 9.59 Å². The van der Waals surface area contributed by atoms with Gasteiger partial charge in [0.2, 0.25) is 5.91 Å². The third-order valence-electron chi connectivity index (χ3n) is 3.19. The van der Waals surface area contributed by atoms with Crippen LogP contribution in [0.2, 0.25) is 5.02 Å². The molecular weight excluding hydrogens is 336 g/mol. The lowest BCUT2D eigenvalue weighted by molar-refractivity contribution is -0.111. The van der Waals surface area contributed by atoms with Crippen molar-refractivity contribution in [3.05, 3.63) is 70.8 Å². The number of para-hydroxylation sites is 1. The average molecular weight is 357 g/mol. The summed E-state index contributed by atoms with van der Waals surface area (Å²) in [4.78, 5) is 24.6. The normalized spacial score (nSPS) is 11.4. The fraction of sp³-hybridized carbons (Fsp3) is 0.200. The highest BCUT2D eigenvalue weighted by Crippen LogP contribution is 2.17.